The first-order valence-corrected chi connectivity index (χ1v) is 13.0. The zero-order valence-electron chi connectivity index (χ0n) is 18.8. The van der Waals surface area contributed by atoms with Gasteiger partial charge in [0.05, 0.1) is 10.1 Å². The highest BCUT2D eigenvalue weighted by Crippen LogP contribution is 2.32. The molecule has 0 N–H and O–H groups in total. The Hall–Kier alpha value is -2.58. The fraction of sp³-hybridized carbons (Fsp3) is 0.417. The molecule has 0 saturated carbocycles. The second kappa shape index (κ2) is 9.35. The van der Waals surface area contributed by atoms with Crippen molar-refractivity contribution in [3.63, 3.8) is 0 Å². The van der Waals surface area contributed by atoms with E-state index in [2.05, 4.69) is 4.90 Å². The maximum atomic E-state index is 13.2. The van der Waals surface area contributed by atoms with Crippen LogP contribution < -0.4 is 9.80 Å². The van der Waals surface area contributed by atoms with Crippen LogP contribution in [-0.4, -0.2) is 63.1 Å². The van der Waals surface area contributed by atoms with Crippen LogP contribution in [0.5, 0.6) is 0 Å². The van der Waals surface area contributed by atoms with Crippen molar-refractivity contribution in [2.75, 3.05) is 42.5 Å². The molecule has 0 bridgehead atoms. The molecule has 2 heterocycles. The molecule has 9 heteroatoms. The molecule has 2 aromatic carbocycles. The maximum Gasteiger partial charge on any atom is 0.224 e. The van der Waals surface area contributed by atoms with Gasteiger partial charge in [-0.15, -0.1) is 0 Å². The van der Waals surface area contributed by atoms with Crippen LogP contribution in [0.1, 0.15) is 25.8 Å². The highest BCUT2D eigenvalue weighted by atomic mass is 35.5. The number of rotatable bonds is 5. The minimum absolute atomic E-state index is 0.0567. The molecule has 0 radical (unpaired) electrons. The lowest BCUT2D eigenvalue weighted by atomic mass is 10.2. The number of piperazine rings is 1. The molecule has 2 amide bonds. The van der Waals surface area contributed by atoms with Gasteiger partial charge in [0, 0.05) is 62.5 Å². The Bertz CT molecular complexity index is 1180. The first-order chi connectivity index (χ1) is 15.7. The van der Waals surface area contributed by atoms with Gasteiger partial charge >= 0.3 is 0 Å². The molecule has 0 aliphatic carbocycles. The van der Waals surface area contributed by atoms with Crippen molar-refractivity contribution in [2.45, 2.75) is 36.8 Å². The molecule has 7 nitrogen and oxygen atoms in total. The lowest BCUT2D eigenvalue weighted by Gasteiger charge is -2.36. The molecule has 33 heavy (non-hydrogen) atoms. The van der Waals surface area contributed by atoms with Gasteiger partial charge in [0.2, 0.25) is 11.8 Å². The van der Waals surface area contributed by atoms with Gasteiger partial charge in [-0.3, -0.25) is 9.59 Å². The Morgan fingerprint density at radius 1 is 1.03 bits per heavy atom. The van der Waals surface area contributed by atoms with E-state index < -0.39 is 15.1 Å². The van der Waals surface area contributed by atoms with E-state index in [0.29, 0.717) is 44.2 Å². The zero-order chi connectivity index (χ0) is 23.8. The quantitative estimate of drug-likeness (QED) is 0.644. The van der Waals surface area contributed by atoms with Crippen molar-refractivity contribution in [3.05, 3.63) is 53.1 Å². The van der Waals surface area contributed by atoms with Gasteiger partial charge in [0.1, 0.15) is 0 Å². The number of halogens is 1. The SMILES string of the molecule is CC(=O)N1CCc2cc(S(=O)(=O)[C@H](C)CC(=O)N3CCN(c4cccc(Cl)c4)CC3)ccc21. The number of carbonyl (C=O) groups excluding carboxylic acids is 2. The largest absolute Gasteiger partial charge is 0.368 e. The summed E-state index contributed by atoms with van der Waals surface area (Å²) < 4.78 is 26.3. The molecule has 1 atom stereocenters. The topological polar surface area (TPSA) is 78.0 Å². The van der Waals surface area contributed by atoms with Gasteiger partial charge in [0.15, 0.2) is 9.84 Å². The maximum absolute atomic E-state index is 13.2. The standard InChI is InChI=1S/C24H28ClN3O4S/c1-17(33(31,32)22-6-7-23-19(15-22)8-9-28(23)18(2)29)14-24(30)27-12-10-26(11-13-27)21-5-3-4-20(25)16-21/h3-7,15-17H,8-14H2,1-2H3/t17-/m1/s1. The van der Waals surface area contributed by atoms with Crippen LogP contribution in [0.25, 0.3) is 0 Å². The van der Waals surface area contributed by atoms with Crippen molar-refractivity contribution in [2.24, 2.45) is 0 Å². The van der Waals surface area contributed by atoms with E-state index in [4.69, 9.17) is 11.6 Å². The molecular formula is C24H28ClN3O4S. The third-order valence-corrected chi connectivity index (χ3v) is 8.82. The second-order valence-electron chi connectivity index (χ2n) is 8.62. The number of carbonyl (C=O) groups is 2. The normalized spacial score (nSPS) is 17.1. The van der Waals surface area contributed by atoms with Gasteiger partial charge in [0.25, 0.3) is 0 Å². The minimum atomic E-state index is -3.67. The van der Waals surface area contributed by atoms with Crippen LogP contribution in [0.15, 0.2) is 47.4 Å². The molecule has 0 aromatic heterocycles. The number of hydrogen-bond acceptors (Lipinski definition) is 5. The fourth-order valence-electron chi connectivity index (χ4n) is 4.49. The lowest BCUT2D eigenvalue weighted by molar-refractivity contribution is -0.131. The molecule has 1 saturated heterocycles. The van der Waals surface area contributed by atoms with Crippen LogP contribution in [0, 0.1) is 0 Å². The Labute approximate surface area is 199 Å². The summed E-state index contributed by atoms with van der Waals surface area (Å²) in [5.74, 6) is -0.209. The summed E-state index contributed by atoms with van der Waals surface area (Å²) >= 11 is 6.08. The number of sulfone groups is 1. The van der Waals surface area contributed by atoms with Gasteiger partial charge < -0.3 is 14.7 Å². The Morgan fingerprint density at radius 2 is 1.76 bits per heavy atom. The van der Waals surface area contributed by atoms with Crippen LogP contribution in [-0.2, 0) is 25.8 Å². The van der Waals surface area contributed by atoms with Crippen LogP contribution in [0.4, 0.5) is 11.4 Å². The molecule has 0 spiro atoms. The van der Waals surface area contributed by atoms with E-state index in [9.17, 15) is 18.0 Å². The van der Waals surface area contributed by atoms with Crippen molar-refractivity contribution < 1.29 is 18.0 Å². The number of nitrogens with zero attached hydrogens (tertiary/aromatic N) is 3. The first-order valence-electron chi connectivity index (χ1n) is 11.1. The summed E-state index contributed by atoms with van der Waals surface area (Å²) in [7, 11) is -3.67. The van der Waals surface area contributed by atoms with Gasteiger partial charge in [-0.25, -0.2) is 8.42 Å². The lowest BCUT2D eigenvalue weighted by Crippen LogP contribution is -2.49. The summed E-state index contributed by atoms with van der Waals surface area (Å²) in [5.41, 5.74) is 2.63. The van der Waals surface area contributed by atoms with E-state index >= 15 is 0 Å². The Morgan fingerprint density at radius 3 is 2.42 bits per heavy atom. The third kappa shape index (κ3) is 4.87. The second-order valence-corrected chi connectivity index (χ2v) is 11.4. The van der Waals surface area contributed by atoms with Crippen molar-refractivity contribution in [1.29, 1.82) is 0 Å². The van der Waals surface area contributed by atoms with Crippen LogP contribution >= 0.6 is 11.6 Å². The summed E-state index contributed by atoms with van der Waals surface area (Å²) in [5, 5.41) is -0.162. The van der Waals surface area contributed by atoms with Crippen molar-refractivity contribution >= 4 is 44.6 Å². The molecule has 2 aliphatic heterocycles. The minimum Gasteiger partial charge on any atom is -0.368 e. The molecule has 0 unspecified atom stereocenters. The van der Waals surface area contributed by atoms with E-state index in [0.717, 1.165) is 16.9 Å². The molecular weight excluding hydrogens is 462 g/mol. The van der Waals surface area contributed by atoms with Gasteiger partial charge in [-0.2, -0.15) is 0 Å². The van der Waals surface area contributed by atoms with E-state index in [1.807, 2.05) is 24.3 Å². The predicted octanol–water partition coefficient (Wildman–Crippen LogP) is 3.15. The van der Waals surface area contributed by atoms with Crippen molar-refractivity contribution in [1.82, 2.24) is 4.90 Å². The highest BCUT2D eigenvalue weighted by molar-refractivity contribution is 7.92. The summed E-state index contributed by atoms with van der Waals surface area (Å²) in [6.45, 7) is 6.07. The van der Waals surface area contributed by atoms with E-state index in [-0.39, 0.29) is 23.1 Å². The molecule has 1 fully saturated rings. The summed E-state index contributed by atoms with van der Waals surface area (Å²) in [6, 6.07) is 12.5. The monoisotopic (exact) mass is 489 g/mol. The Balaban J connectivity index is 1.38. The smallest absolute Gasteiger partial charge is 0.224 e. The third-order valence-electron chi connectivity index (χ3n) is 6.45. The average molecular weight is 490 g/mol. The highest BCUT2D eigenvalue weighted by Gasteiger charge is 2.31. The number of fused-ring (bicyclic) bond motifs is 1. The van der Waals surface area contributed by atoms with Gasteiger partial charge in [-0.05, 0) is 55.3 Å². The molecule has 2 aliphatic rings. The van der Waals surface area contributed by atoms with Crippen molar-refractivity contribution in [3.8, 4) is 0 Å². The van der Waals surface area contributed by atoms with E-state index in [1.165, 1.54) is 6.92 Å². The van der Waals surface area contributed by atoms with E-state index in [1.54, 1.807) is 34.9 Å². The number of hydrogen-bond donors (Lipinski definition) is 0. The summed E-state index contributed by atoms with van der Waals surface area (Å²) in [4.78, 5) is 30.4. The average Bonchev–Trinajstić information content (AvgIpc) is 3.23. The van der Waals surface area contributed by atoms with Crippen LogP contribution in [0.2, 0.25) is 5.02 Å². The first kappa shape index (κ1) is 23.6. The predicted molar refractivity (Wildman–Crippen MR) is 130 cm³/mol. The molecule has 4 rings (SSSR count). The number of anilines is 2. The summed E-state index contributed by atoms with van der Waals surface area (Å²) in [6.07, 6.45) is 0.568. The molecule has 2 aromatic rings. The zero-order valence-corrected chi connectivity index (χ0v) is 20.4. The molecule has 176 valence electrons. The number of benzene rings is 2. The Kier molecular flexibility index (Phi) is 6.68. The van der Waals surface area contributed by atoms with Crippen LogP contribution in [0.3, 0.4) is 0 Å². The van der Waals surface area contributed by atoms with Gasteiger partial charge in [-0.1, -0.05) is 17.7 Å². The number of amides is 2. The fourth-order valence-corrected chi connectivity index (χ4v) is 6.06.